The summed E-state index contributed by atoms with van der Waals surface area (Å²) in [5.41, 5.74) is 20.3. The second-order valence-corrected chi connectivity index (χ2v) is 46.1. The Hall–Kier alpha value is -4.40. The molecular weight excluding hydrogens is 1910 g/mol. The van der Waals surface area contributed by atoms with Crippen molar-refractivity contribution >= 4 is 126 Å². The predicted molar refractivity (Wildman–Crippen MR) is 614 cm³/mol. The fraction of sp³-hybridized carbons (Fsp3) is 0.901. The fourth-order valence-corrected chi connectivity index (χ4v) is 19.4. The Labute approximate surface area is 892 Å². The van der Waals surface area contributed by atoms with Crippen LogP contribution in [-0.4, -0.2) is 518 Å². The first-order chi connectivity index (χ1) is 65.7. The molecule has 2 unspecified atom stereocenters. The van der Waals surface area contributed by atoms with Crippen LogP contribution in [-0.2, 0) is 18.9 Å². The second kappa shape index (κ2) is 95.2. The standard InChI is InChI=1S/C14H31N2O2.C13H29N2O2.C12H26N2OS.C11H25N2O2.C11H24N2OS.C10H22N2OS.C9H20N2OS.C8H19N2O2.C7H16N2OS.C6H14N2OS/c1-6-9-11-16(8-3,10-7-2)12-13-18-14(17)15(4)5;1-6-9-15(8-3,10-7-2)11-12-17-13(16)14(4)5;1-4-7-9-14(6-3,8-5-2)10-11-16-12(13)15;1-6-13(7-2,8-3)9-10-15-11(14)12(4)5;1-4-7-13(6-3,8-5-2)9-10-15-11(12)14;1-5-12(6-2,7-3)8-9-14-10(13)11-4;1-4-11(5-2,6-3)7-8-13-9(10)12;1-9(2)8(11)12-7-6-10(3,4)5;1-8-7(10)11-6-5-9(2,3)4;1-8(2,3)4-5-10-6(7)9/h6-13H2,1-5H3;6-12H2,1-5H3;4-11H2,1-3H3,(H-,13,15);6-10H2,1-5H3;4-10H2,1-3H3,(H-,12,14);5-9H2,1-4H3;4-8H2,1-3H3,(H-,10,12);6-7H2,1-5H3;5-6H2,1-4H3;4-5H2,1-3H3,(H-,7,9)/q2*+1;;+1;;;;+1;;/p+6. The molecule has 0 spiro atoms. The minimum atomic E-state index is -0.284. The molecule has 846 valence electrons. The number of primary amides is 4. The largest absolute Gasteiger partial charge is 0.443 e. The van der Waals surface area contributed by atoms with Crippen molar-refractivity contribution in [1.29, 1.82) is 0 Å². The minimum absolute atomic E-state index is 0.0541. The third kappa shape index (κ3) is 96.2. The summed E-state index contributed by atoms with van der Waals surface area (Å²) in [6, 6.07) is 0. The third-order valence-corrected chi connectivity index (χ3v) is 29.7. The maximum Gasteiger partial charge on any atom is 0.409 e. The van der Waals surface area contributed by atoms with Crippen molar-refractivity contribution < 1.29 is 112 Å². The summed E-state index contributed by atoms with van der Waals surface area (Å²) >= 11 is 7.63. The molecule has 0 radical (unpaired) electrons. The van der Waals surface area contributed by atoms with Crippen LogP contribution in [0.15, 0.2) is 0 Å². The monoisotopic (exact) mass is 2140 g/mol. The van der Waals surface area contributed by atoms with Gasteiger partial charge in [-0.15, -0.1) is 0 Å². The van der Waals surface area contributed by atoms with Gasteiger partial charge in [-0.25, -0.2) is 19.2 Å². The molecule has 0 heterocycles. The number of likely N-dealkylation sites (N-methyl/N-ethyl adjacent to an activating group) is 4. The Morgan fingerprint density at radius 1 is 0.220 bits per heavy atom. The highest BCUT2D eigenvalue weighted by molar-refractivity contribution is 8.14. The third-order valence-electron chi connectivity index (χ3n) is 25.3. The predicted octanol–water partition coefficient (Wildman–Crippen LogP) is 17.2. The van der Waals surface area contributed by atoms with Crippen LogP contribution in [0, 0.1) is 0 Å². The lowest BCUT2D eigenvalue weighted by molar-refractivity contribution is -0.927. The minimum Gasteiger partial charge on any atom is -0.443 e. The lowest BCUT2D eigenvalue weighted by Gasteiger charge is -2.37. The van der Waals surface area contributed by atoms with E-state index in [4.69, 9.17) is 41.9 Å². The summed E-state index contributed by atoms with van der Waals surface area (Å²) in [5.74, 6) is 5.14. The molecular formula is C101H232N20O14S6+10. The number of nitrogens with zero attached hydrogens (tertiary/aromatic N) is 14. The molecule has 10 amide bonds. The molecule has 40 heteroatoms. The quantitative estimate of drug-likeness (QED) is 0.0243. The van der Waals surface area contributed by atoms with Crippen LogP contribution in [0.4, 0.5) is 47.9 Å². The molecule has 0 bridgehead atoms. The van der Waals surface area contributed by atoms with Crippen molar-refractivity contribution in [1.82, 2.24) is 30.2 Å². The molecule has 0 fully saturated rings. The SMILES string of the molecule is CCCC[N+](CC)(CCC)CCOC(=O)N(C)C.CCCC[N+](CC)(CCC)CCSC(N)=O.CCC[N+](CC)(CCC)CCOC(=O)N(C)C.CCC[N+](CC)(CCC)CCSC(N)=O.CC[N+](CC)(CC)CCOC(=O)N(C)C.CC[N+](CC)(CC)CCSC(=O)NC.CC[N+](CC)(CC)CCSC(N)=O.CN(C)C(=O)OCC[N+](C)(C)C.CNC(=O)SCC[N+](C)(C)C.C[N+](C)(C)CCSC(N)=O. The van der Waals surface area contributed by atoms with Crippen molar-refractivity contribution in [2.75, 3.05) is 398 Å². The number of carbonyl (C=O) groups is 10. The number of hydrogen-bond acceptors (Lipinski definition) is 20. The van der Waals surface area contributed by atoms with E-state index in [1.54, 1.807) is 70.5 Å². The number of carbonyl (C=O) groups excluding carboxylic acids is 10. The van der Waals surface area contributed by atoms with Crippen molar-refractivity contribution in [3.05, 3.63) is 0 Å². The van der Waals surface area contributed by atoms with Crippen molar-refractivity contribution in [2.45, 2.75) is 210 Å². The number of quaternary nitrogens is 10. The summed E-state index contributed by atoms with van der Waals surface area (Å²) in [5, 5.41) is 4.27. The number of ether oxygens (including phenoxy) is 4. The normalized spacial score (nSPS) is 12.1. The summed E-state index contributed by atoms with van der Waals surface area (Å²) in [7, 11) is 35.7. The summed E-state index contributed by atoms with van der Waals surface area (Å²) in [6.07, 6.45) is 11.1. The van der Waals surface area contributed by atoms with Crippen LogP contribution in [0.5, 0.6) is 0 Å². The van der Waals surface area contributed by atoms with Gasteiger partial charge >= 0.3 is 24.4 Å². The molecule has 0 aromatic rings. The van der Waals surface area contributed by atoms with Gasteiger partial charge in [-0.3, -0.25) is 28.8 Å². The van der Waals surface area contributed by atoms with Gasteiger partial charge < -0.3 is 117 Å². The zero-order chi connectivity index (χ0) is 112. The van der Waals surface area contributed by atoms with Gasteiger partial charge in [-0.05, 0) is 141 Å². The van der Waals surface area contributed by atoms with E-state index in [0.29, 0.717) is 26.4 Å². The summed E-state index contributed by atoms with van der Waals surface area (Å²) in [6.45, 7) is 82.6. The lowest BCUT2D eigenvalue weighted by Crippen LogP contribution is -2.51. The average molecular weight is 2140 g/mol. The van der Waals surface area contributed by atoms with Gasteiger partial charge in [0.05, 0.1) is 275 Å². The highest BCUT2D eigenvalue weighted by atomic mass is 32.2. The first-order valence-corrected chi connectivity index (χ1v) is 58.7. The van der Waals surface area contributed by atoms with Gasteiger partial charge in [-0.2, -0.15) is 0 Å². The van der Waals surface area contributed by atoms with E-state index >= 15 is 0 Å². The molecule has 0 aromatic carbocycles. The molecule has 0 aliphatic carbocycles. The van der Waals surface area contributed by atoms with E-state index in [1.807, 2.05) is 0 Å². The molecule has 0 aliphatic heterocycles. The van der Waals surface area contributed by atoms with Gasteiger partial charge in [-0.1, -0.05) is 139 Å². The first kappa shape index (κ1) is 157. The Morgan fingerprint density at radius 2 is 0.383 bits per heavy atom. The van der Waals surface area contributed by atoms with Crippen molar-refractivity contribution in [3.63, 3.8) is 0 Å². The Morgan fingerprint density at radius 3 is 0.567 bits per heavy atom. The van der Waals surface area contributed by atoms with Gasteiger partial charge in [0.15, 0.2) is 0 Å². The van der Waals surface area contributed by atoms with Crippen molar-refractivity contribution in [2.24, 2.45) is 22.9 Å². The smallest absolute Gasteiger partial charge is 0.409 e. The van der Waals surface area contributed by atoms with Gasteiger partial charge in [0.2, 0.25) is 0 Å². The molecule has 0 aliphatic rings. The lowest BCUT2D eigenvalue weighted by atomic mass is 10.2. The highest BCUT2D eigenvalue weighted by Crippen LogP contribution is 2.19. The van der Waals surface area contributed by atoms with Crippen LogP contribution in [0.1, 0.15) is 210 Å². The van der Waals surface area contributed by atoms with Crippen LogP contribution in [0.25, 0.3) is 0 Å². The van der Waals surface area contributed by atoms with Crippen LogP contribution >= 0.6 is 70.6 Å². The Kier molecular flexibility index (Phi) is 106. The first-order valence-electron chi connectivity index (χ1n) is 52.8. The number of nitrogens with two attached hydrogens (primary N) is 4. The Bertz CT molecular complexity index is 3010. The molecule has 2 atom stereocenters. The van der Waals surface area contributed by atoms with Gasteiger partial charge in [0, 0.05) is 70.5 Å². The van der Waals surface area contributed by atoms with Crippen LogP contribution in [0.3, 0.4) is 0 Å². The van der Waals surface area contributed by atoms with E-state index in [-0.39, 0.29) is 55.8 Å². The van der Waals surface area contributed by atoms with E-state index < -0.39 is 0 Å². The number of unbranched alkanes of at least 4 members (excludes halogenated alkanes) is 2. The fourth-order valence-electron chi connectivity index (χ4n) is 14.7. The van der Waals surface area contributed by atoms with Crippen LogP contribution in [0.2, 0.25) is 0 Å². The molecule has 34 nitrogen and oxygen atoms in total. The molecule has 0 saturated heterocycles. The number of thioether (sulfide) groups is 6. The molecule has 10 N–H and O–H groups in total. The number of hydrogen-bond donors (Lipinski definition) is 6. The van der Waals surface area contributed by atoms with Gasteiger partial charge in [0.1, 0.15) is 52.6 Å². The number of rotatable bonds is 61. The Balaban J connectivity index is -0.000000170. The van der Waals surface area contributed by atoms with Crippen LogP contribution < -0.4 is 33.6 Å². The number of amides is 10. The van der Waals surface area contributed by atoms with E-state index in [9.17, 15) is 47.9 Å². The number of nitrogens with one attached hydrogen (secondary N) is 2. The maximum absolute atomic E-state index is 11.4. The molecule has 0 rings (SSSR count). The van der Waals surface area contributed by atoms with Crippen molar-refractivity contribution in [3.8, 4) is 0 Å². The zero-order valence-corrected chi connectivity index (χ0v) is 104. The van der Waals surface area contributed by atoms with E-state index in [1.165, 1.54) is 207 Å². The highest BCUT2D eigenvalue weighted by Gasteiger charge is 2.30. The topological polar surface area (TPSA) is 349 Å². The molecule has 0 saturated carbocycles. The van der Waals surface area contributed by atoms with E-state index in [2.05, 4.69) is 219 Å². The zero-order valence-electron chi connectivity index (χ0n) is 98.8. The average Bonchev–Trinajstić information content (AvgIpc) is 0.888. The second-order valence-electron chi connectivity index (χ2n) is 39.6. The molecule has 141 heavy (non-hydrogen) atoms. The summed E-state index contributed by atoms with van der Waals surface area (Å²) in [4.78, 5) is 115. The molecule has 0 aromatic heterocycles. The summed E-state index contributed by atoms with van der Waals surface area (Å²) < 4.78 is 30.8. The maximum atomic E-state index is 11.4. The van der Waals surface area contributed by atoms with E-state index in [0.717, 1.165) is 230 Å². The van der Waals surface area contributed by atoms with Gasteiger partial charge in [0.25, 0.3) is 31.4 Å².